The Kier molecular flexibility index (Phi) is 5.51. The Labute approximate surface area is 129 Å². The molecule has 0 spiro atoms. The Balaban J connectivity index is 2.24. The van der Waals surface area contributed by atoms with Gasteiger partial charge >= 0.3 is 0 Å². The van der Waals surface area contributed by atoms with Gasteiger partial charge in [-0.3, -0.25) is 0 Å². The van der Waals surface area contributed by atoms with Gasteiger partial charge in [0.05, 0.1) is 12.2 Å². The van der Waals surface area contributed by atoms with Crippen LogP contribution in [-0.4, -0.2) is 25.7 Å². The minimum Gasteiger partial charge on any atom is -0.486 e. The molecule has 0 saturated heterocycles. The zero-order valence-electron chi connectivity index (χ0n) is 13.9. The highest BCUT2D eigenvalue weighted by Crippen LogP contribution is 2.37. The van der Waals surface area contributed by atoms with Gasteiger partial charge in [0.15, 0.2) is 0 Å². The number of ether oxygens (including phenoxy) is 1. The van der Waals surface area contributed by atoms with Crippen molar-refractivity contribution in [1.82, 2.24) is 0 Å². The van der Waals surface area contributed by atoms with Crippen LogP contribution in [-0.2, 0) is 0 Å². The van der Waals surface area contributed by atoms with E-state index in [9.17, 15) is 0 Å². The Morgan fingerprint density at radius 1 is 1.24 bits per heavy atom. The first kappa shape index (κ1) is 16.2. The van der Waals surface area contributed by atoms with E-state index in [-0.39, 0.29) is 6.10 Å². The summed E-state index contributed by atoms with van der Waals surface area (Å²) < 4.78 is 6.20. The summed E-state index contributed by atoms with van der Waals surface area (Å²) in [5.41, 5.74) is 8.27. The normalized spacial score (nSPS) is 18.0. The second-order valence-corrected chi connectivity index (χ2v) is 6.72. The van der Waals surface area contributed by atoms with E-state index in [2.05, 4.69) is 50.8 Å². The highest BCUT2D eigenvalue weighted by molar-refractivity contribution is 5.62. The molecule has 1 aliphatic rings. The Hall–Kier alpha value is -1.22. The van der Waals surface area contributed by atoms with Crippen molar-refractivity contribution in [3.63, 3.8) is 0 Å². The van der Waals surface area contributed by atoms with E-state index in [4.69, 9.17) is 10.5 Å². The topological polar surface area (TPSA) is 38.5 Å². The van der Waals surface area contributed by atoms with Gasteiger partial charge in [-0.2, -0.15) is 0 Å². The van der Waals surface area contributed by atoms with Crippen molar-refractivity contribution < 1.29 is 4.74 Å². The number of hydrogen-bond donors (Lipinski definition) is 1. The quantitative estimate of drug-likeness (QED) is 0.810. The van der Waals surface area contributed by atoms with Crippen LogP contribution in [0.1, 0.15) is 52.0 Å². The molecule has 1 atom stereocenters. The molecule has 0 aromatic heterocycles. The van der Waals surface area contributed by atoms with Crippen molar-refractivity contribution in [2.45, 2.75) is 52.6 Å². The molecule has 3 nitrogen and oxygen atoms in total. The molecule has 1 heterocycles. The number of hydrogen-bond acceptors (Lipinski definition) is 3. The summed E-state index contributed by atoms with van der Waals surface area (Å²) in [5.74, 6) is 2.11. The van der Waals surface area contributed by atoms with Crippen LogP contribution in [0.2, 0.25) is 0 Å². The van der Waals surface area contributed by atoms with Gasteiger partial charge in [-0.25, -0.2) is 0 Å². The van der Waals surface area contributed by atoms with Crippen LogP contribution in [0.4, 0.5) is 5.69 Å². The number of unbranched alkanes of at least 4 members (excludes halogenated alkanes) is 1. The van der Waals surface area contributed by atoms with E-state index in [0.29, 0.717) is 11.8 Å². The molecule has 0 fully saturated rings. The second kappa shape index (κ2) is 7.17. The molecule has 2 rings (SSSR count). The summed E-state index contributed by atoms with van der Waals surface area (Å²) in [6.07, 6.45) is 2.51. The van der Waals surface area contributed by atoms with Crippen molar-refractivity contribution in [3.8, 4) is 5.75 Å². The third kappa shape index (κ3) is 3.91. The van der Waals surface area contributed by atoms with E-state index >= 15 is 0 Å². The minimum absolute atomic E-state index is 0.278. The second-order valence-electron chi connectivity index (χ2n) is 6.72. The largest absolute Gasteiger partial charge is 0.486 e. The average molecular weight is 290 g/mol. The molecule has 1 unspecified atom stereocenters. The fraction of sp³-hybridized carbons (Fsp3) is 0.667. The lowest BCUT2D eigenvalue weighted by atomic mass is 9.99. The number of nitrogens with two attached hydrogens (primary N) is 1. The third-order valence-electron chi connectivity index (χ3n) is 4.29. The van der Waals surface area contributed by atoms with Gasteiger partial charge in [0.2, 0.25) is 0 Å². The fourth-order valence-electron chi connectivity index (χ4n) is 2.76. The van der Waals surface area contributed by atoms with Crippen LogP contribution in [0.3, 0.4) is 0 Å². The van der Waals surface area contributed by atoms with Gasteiger partial charge in [0.1, 0.15) is 11.9 Å². The first-order valence-electron chi connectivity index (χ1n) is 8.28. The van der Waals surface area contributed by atoms with Crippen LogP contribution < -0.4 is 15.4 Å². The molecule has 0 aliphatic carbocycles. The van der Waals surface area contributed by atoms with E-state index in [1.54, 1.807) is 0 Å². The molecular weight excluding hydrogens is 260 g/mol. The first-order chi connectivity index (χ1) is 10.0. The zero-order valence-corrected chi connectivity index (χ0v) is 13.9. The number of benzene rings is 1. The maximum absolute atomic E-state index is 6.20. The van der Waals surface area contributed by atoms with Gasteiger partial charge in [-0.1, -0.05) is 33.8 Å². The van der Waals surface area contributed by atoms with Crippen LogP contribution >= 0.6 is 0 Å². The van der Waals surface area contributed by atoms with Crippen LogP contribution in [0.25, 0.3) is 0 Å². The third-order valence-corrected chi connectivity index (χ3v) is 4.29. The predicted octanol–water partition coefficient (Wildman–Crippen LogP) is 3.77. The highest BCUT2D eigenvalue weighted by atomic mass is 16.5. The van der Waals surface area contributed by atoms with Crippen molar-refractivity contribution >= 4 is 5.69 Å². The van der Waals surface area contributed by atoms with E-state index in [0.717, 1.165) is 38.2 Å². The Morgan fingerprint density at radius 2 is 2.00 bits per heavy atom. The predicted molar refractivity (Wildman–Crippen MR) is 90.3 cm³/mol. The van der Waals surface area contributed by atoms with Crippen LogP contribution in [0.15, 0.2) is 18.2 Å². The van der Waals surface area contributed by atoms with Crippen LogP contribution in [0, 0.1) is 5.92 Å². The van der Waals surface area contributed by atoms with Gasteiger partial charge in [0.25, 0.3) is 0 Å². The molecule has 3 heteroatoms. The standard InChI is InChI=1S/C18H30N2O/c1-13(2)15-7-8-17-16(11-15)20(10-6-5-9-19)12-18(21-17)14(3)4/h7-8,11,13-14,18H,5-6,9-10,12,19H2,1-4H3. The lowest BCUT2D eigenvalue weighted by molar-refractivity contribution is 0.145. The summed E-state index contributed by atoms with van der Waals surface area (Å²) in [6, 6.07) is 6.65. The maximum Gasteiger partial charge on any atom is 0.143 e. The van der Waals surface area contributed by atoms with E-state index < -0.39 is 0 Å². The molecule has 0 amide bonds. The van der Waals surface area contributed by atoms with Gasteiger partial charge < -0.3 is 15.4 Å². The SMILES string of the molecule is CC(C)c1ccc2c(c1)N(CCCCN)CC(C(C)C)O2. The molecule has 1 aromatic carbocycles. The molecule has 0 radical (unpaired) electrons. The van der Waals surface area contributed by atoms with Crippen molar-refractivity contribution in [2.24, 2.45) is 11.7 Å². The fourth-order valence-corrected chi connectivity index (χ4v) is 2.76. The zero-order chi connectivity index (χ0) is 15.4. The van der Waals surface area contributed by atoms with E-state index in [1.165, 1.54) is 11.3 Å². The highest BCUT2D eigenvalue weighted by Gasteiger charge is 2.27. The van der Waals surface area contributed by atoms with E-state index in [1.807, 2.05) is 0 Å². The van der Waals surface area contributed by atoms with Crippen molar-refractivity contribution in [1.29, 1.82) is 0 Å². The van der Waals surface area contributed by atoms with Gasteiger partial charge in [-0.15, -0.1) is 0 Å². The number of anilines is 1. The Morgan fingerprint density at radius 3 is 2.62 bits per heavy atom. The summed E-state index contributed by atoms with van der Waals surface area (Å²) in [4.78, 5) is 2.49. The number of nitrogens with zero attached hydrogens (tertiary/aromatic N) is 1. The summed E-state index contributed by atoms with van der Waals surface area (Å²) in [5, 5.41) is 0. The summed E-state index contributed by atoms with van der Waals surface area (Å²) in [6.45, 7) is 11.8. The van der Waals surface area contributed by atoms with Crippen molar-refractivity contribution in [3.05, 3.63) is 23.8 Å². The smallest absolute Gasteiger partial charge is 0.143 e. The molecular formula is C18H30N2O. The summed E-state index contributed by atoms with van der Waals surface area (Å²) >= 11 is 0. The minimum atomic E-state index is 0.278. The number of fused-ring (bicyclic) bond motifs is 1. The molecule has 21 heavy (non-hydrogen) atoms. The van der Waals surface area contributed by atoms with Gasteiger partial charge in [-0.05, 0) is 48.9 Å². The summed E-state index contributed by atoms with van der Waals surface area (Å²) in [7, 11) is 0. The molecule has 0 bridgehead atoms. The molecule has 1 aliphatic heterocycles. The van der Waals surface area contributed by atoms with Crippen molar-refractivity contribution in [2.75, 3.05) is 24.5 Å². The number of rotatable bonds is 6. The molecule has 2 N–H and O–H groups in total. The molecule has 118 valence electrons. The lowest BCUT2D eigenvalue weighted by Crippen LogP contribution is -2.43. The first-order valence-corrected chi connectivity index (χ1v) is 8.28. The van der Waals surface area contributed by atoms with Crippen LogP contribution in [0.5, 0.6) is 5.75 Å². The Bertz CT molecular complexity index is 457. The molecule has 1 aromatic rings. The maximum atomic E-state index is 6.20. The average Bonchev–Trinajstić information content (AvgIpc) is 2.46. The molecule has 0 saturated carbocycles. The van der Waals surface area contributed by atoms with Gasteiger partial charge in [0, 0.05) is 6.54 Å². The monoisotopic (exact) mass is 290 g/mol. The lowest BCUT2D eigenvalue weighted by Gasteiger charge is -2.38.